The molecule has 2 aliphatic rings. The molecule has 0 radical (unpaired) electrons. The highest BCUT2D eigenvalue weighted by Gasteiger charge is 2.34. The fourth-order valence-electron chi connectivity index (χ4n) is 6.71. The summed E-state index contributed by atoms with van der Waals surface area (Å²) in [6.07, 6.45) is 0. The van der Waals surface area contributed by atoms with Crippen molar-refractivity contribution in [1.82, 2.24) is 4.98 Å². The Balaban J connectivity index is 1.34. The van der Waals surface area contributed by atoms with Crippen LogP contribution >= 0.6 is 0 Å². The molecular weight excluding hydrogens is 475 g/mol. The number of aromatic nitrogens is 1. The molecule has 0 aliphatic carbocycles. The Hall–Kier alpha value is -4.96. The van der Waals surface area contributed by atoms with E-state index in [0.717, 1.165) is 30.2 Å². The average molecular weight is 498 g/mol. The summed E-state index contributed by atoms with van der Waals surface area (Å²) >= 11 is 0. The van der Waals surface area contributed by atoms with E-state index in [0.29, 0.717) is 0 Å². The van der Waals surface area contributed by atoms with Gasteiger partial charge in [0.2, 0.25) is 0 Å². The minimum Gasteiger partial charge on any atom is -0.453 e. The normalized spacial score (nSPS) is 13.1. The predicted octanol–water partition coefficient (Wildman–Crippen LogP) is 7.73. The van der Waals surface area contributed by atoms with Crippen molar-refractivity contribution in [1.29, 1.82) is 0 Å². The van der Waals surface area contributed by atoms with Gasteiger partial charge in [-0.1, -0.05) is 78.3 Å². The maximum absolute atomic E-state index is 6.36. The summed E-state index contributed by atoms with van der Waals surface area (Å²) in [7, 11) is 0.858. The third-order valence-electron chi connectivity index (χ3n) is 8.40. The first-order valence-corrected chi connectivity index (χ1v) is 13.5. The lowest BCUT2D eigenvalue weighted by Gasteiger charge is -2.39. The van der Waals surface area contributed by atoms with Crippen molar-refractivity contribution in [2.24, 2.45) is 0 Å². The van der Waals surface area contributed by atoms with E-state index in [1.165, 1.54) is 65.9 Å². The number of H-pyrrole nitrogens is 1. The topological polar surface area (TPSA) is 28.3 Å². The number of aryl methyl sites for hydroxylation is 1. The average Bonchev–Trinajstić information content (AvgIpc) is 3.33. The molecule has 0 bridgehead atoms. The summed E-state index contributed by atoms with van der Waals surface area (Å²) < 4.78 is 6.36. The maximum atomic E-state index is 6.36. The molecule has 4 heteroatoms. The van der Waals surface area contributed by atoms with Gasteiger partial charge in [0.15, 0.2) is 18.8 Å². The zero-order chi connectivity index (χ0) is 25.7. The van der Waals surface area contributed by atoms with Crippen LogP contribution in [0.25, 0.3) is 43.7 Å². The van der Waals surface area contributed by atoms with Gasteiger partial charge in [-0.3, -0.25) is 0 Å². The van der Waals surface area contributed by atoms with Crippen molar-refractivity contribution >= 4 is 67.8 Å². The summed E-state index contributed by atoms with van der Waals surface area (Å²) in [6.45, 7) is 2.20. The smallest absolute Gasteiger partial charge is 0.198 e. The molecule has 3 heterocycles. The van der Waals surface area contributed by atoms with Crippen molar-refractivity contribution in [2.75, 3.05) is 4.90 Å². The van der Waals surface area contributed by atoms with Gasteiger partial charge < -0.3 is 14.6 Å². The molecule has 2 aliphatic heterocycles. The van der Waals surface area contributed by atoms with E-state index in [9.17, 15) is 0 Å². The van der Waals surface area contributed by atoms with Crippen LogP contribution in [0.5, 0.6) is 11.5 Å². The predicted molar refractivity (Wildman–Crippen MR) is 165 cm³/mol. The molecule has 0 saturated heterocycles. The van der Waals surface area contributed by atoms with Crippen molar-refractivity contribution in [2.45, 2.75) is 6.92 Å². The van der Waals surface area contributed by atoms with E-state index < -0.39 is 0 Å². The van der Waals surface area contributed by atoms with E-state index in [2.05, 4.69) is 120 Å². The molecule has 0 unspecified atom stereocenters. The highest BCUT2D eigenvalue weighted by molar-refractivity contribution is 6.73. The van der Waals surface area contributed by atoms with Crippen LogP contribution in [-0.4, -0.2) is 12.3 Å². The number of para-hydroxylation sites is 4. The Morgan fingerprint density at radius 1 is 0.667 bits per heavy atom. The maximum Gasteiger partial charge on any atom is 0.198 e. The number of nitrogens with one attached hydrogen (secondary N) is 1. The third-order valence-corrected chi connectivity index (χ3v) is 8.40. The van der Waals surface area contributed by atoms with Crippen LogP contribution in [0.2, 0.25) is 0 Å². The van der Waals surface area contributed by atoms with Crippen molar-refractivity contribution in [3.05, 3.63) is 115 Å². The molecule has 3 nitrogen and oxygen atoms in total. The first kappa shape index (κ1) is 21.0. The van der Waals surface area contributed by atoms with E-state index in [1.54, 1.807) is 0 Å². The van der Waals surface area contributed by atoms with E-state index in [1.807, 2.05) is 6.07 Å². The van der Waals surface area contributed by atoms with Gasteiger partial charge in [0.05, 0.1) is 16.9 Å². The summed E-state index contributed by atoms with van der Waals surface area (Å²) in [6, 6.07) is 39.4. The van der Waals surface area contributed by atoms with E-state index in [4.69, 9.17) is 4.74 Å². The Morgan fingerprint density at radius 2 is 1.46 bits per heavy atom. The second-order valence-corrected chi connectivity index (χ2v) is 10.8. The monoisotopic (exact) mass is 498 g/mol. The molecule has 0 atom stereocenters. The highest BCUT2D eigenvalue weighted by Crippen LogP contribution is 2.50. The second-order valence-electron chi connectivity index (χ2n) is 10.8. The van der Waals surface area contributed by atoms with Gasteiger partial charge in [-0.25, -0.2) is 0 Å². The van der Waals surface area contributed by atoms with Gasteiger partial charge in [0, 0.05) is 27.5 Å². The molecule has 1 N–H and O–H groups in total. The zero-order valence-corrected chi connectivity index (χ0v) is 21.5. The van der Waals surface area contributed by atoms with Gasteiger partial charge >= 0.3 is 0 Å². The lowest BCUT2D eigenvalue weighted by atomic mass is 9.58. The number of anilines is 3. The molecule has 182 valence electrons. The van der Waals surface area contributed by atoms with Gasteiger partial charge in [-0.15, -0.1) is 0 Å². The minimum absolute atomic E-state index is 0.858. The van der Waals surface area contributed by atoms with Crippen LogP contribution in [0.15, 0.2) is 109 Å². The molecule has 0 fully saturated rings. The molecule has 0 saturated carbocycles. The van der Waals surface area contributed by atoms with Crippen molar-refractivity contribution < 1.29 is 4.74 Å². The number of nitrogens with zero attached hydrogens (tertiary/aromatic N) is 1. The Kier molecular flexibility index (Phi) is 4.07. The molecule has 39 heavy (non-hydrogen) atoms. The molecule has 7 aromatic rings. The van der Waals surface area contributed by atoms with Gasteiger partial charge in [-0.05, 0) is 70.7 Å². The van der Waals surface area contributed by atoms with Crippen LogP contribution in [-0.2, 0) is 0 Å². The molecule has 9 rings (SSSR count). The molecule has 0 amide bonds. The van der Waals surface area contributed by atoms with Gasteiger partial charge in [0.25, 0.3) is 0 Å². The van der Waals surface area contributed by atoms with Crippen LogP contribution < -0.4 is 20.6 Å². The Labute approximate surface area is 226 Å². The Bertz CT molecular complexity index is 2160. The van der Waals surface area contributed by atoms with Crippen molar-refractivity contribution in [3.63, 3.8) is 0 Å². The number of aromatic amines is 1. The number of rotatable bonds is 1. The van der Waals surface area contributed by atoms with Crippen LogP contribution in [0.3, 0.4) is 0 Å². The fourth-order valence-corrected chi connectivity index (χ4v) is 6.71. The first-order chi connectivity index (χ1) is 19.2. The summed E-state index contributed by atoms with van der Waals surface area (Å²) in [5, 5.41) is 5.05. The lowest BCUT2D eigenvalue weighted by molar-refractivity contribution is 0.477. The summed E-state index contributed by atoms with van der Waals surface area (Å²) in [5.41, 5.74) is 12.3. The number of ether oxygens (including phenoxy) is 1. The number of fused-ring (bicyclic) bond motifs is 8. The largest absolute Gasteiger partial charge is 0.453 e. The SMILES string of the molecule is Cc1cc(-c2cccc3c2[nH]c2cc4ccccc4cc23)c2c(c1)N1c3ccccc3Oc3cccc(c31)B2. The standard InChI is InChI=1S/C35H23BN2O/c1-20-16-26(24-11-6-10-23-25-18-21-8-2-3-9-22(21)19-28(25)37-34(23)24)33-30(17-20)38-29-13-4-5-14-31(29)39-32-15-7-12-27(36-33)35(32)38/h2-19,36-37H,1H3. The Morgan fingerprint density at radius 3 is 2.38 bits per heavy atom. The lowest BCUT2D eigenvalue weighted by Crippen LogP contribution is -2.42. The van der Waals surface area contributed by atoms with Crippen LogP contribution in [0.4, 0.5) is 17.1 Å². The molecule has 0 spiro atoms. The third kappa shape index (κ3) is 2.89. The molecule has 1 aromatic heterocycles. The minimum atomic E-state index is 0.858. The van der Waals surface area contributed by atoms with Crippen LogP contribution in [0, 0.1) is 6.92 Å². The quantitative estimate of drug-likeness (QED) is 0.235. The number of hydrogen-bond donors (Lipinski definition) is 1. The van der Waals surface area contributed by atoms with Gasteiger partial charge in [0.1, 0.15) is 0 Å². The fraction of sp³-hybridized carbons (Fsp3) is 0.0286. The summed E-state index contributed by atoms with van der Waals surface area (Å²) in [4.78, 5) is 6.22. The van der Waals surface area contributed by atoms with E-state index >= 15 is 0 Å². The second kappa shape index (κ2) is 7.55. The zero-order valence-electron chi connectivity index (χ0n) is 21.5. The highest BCUT2D eigenvalue weighted by atomic mass is 16.5. The number of hydrogen-bond acceptors (Lipinski definition) is 2. The van der Waals surface area contributed by atoms with Crippen molar-refractivity contribution in [3.8, 4) is 22.6 Å². The summed E-state index contributed by atoms with van der Waals surface area (Å²) in [5.74, 6) is 1.81. The van der Waals surface area contributed by atoms with Gasteiger partial charge in [-0.2, -0.15) is 0 Å². The molecule has 6 aromatic carbocycles. The van der Waals surface area contributed by atoms with Crippen LogP contribution in [0.1, 0.15) is 5.56 Å². The molecular formula is C35H23BN2O. The number of benzene rings is 6. The first-order valence-electron chi connectivity index (χ1n) is 13.5. The van der Waals surface area contributed by atoms with E-state index in [-0.39, 0.29) is 0 Å².